The van der Waals surface area contributed by atoms with Crippen LogP contribution < -0.4 is 0 Å². The van der Waals surface area contributed by atoms with Crippen LogP contribution in [0.5, 0.6) is 0 Å². The zero-order chi connectivity index (χ0) is 11.0. The van der Waals surface area contributed by atoms with Gasteiger partial charge >= 0.3 is 5.97 Å². The zero-order valence-electron chi connectivity index (χ0n) is 9.64. The van der Waals surface area contributed by atoms with Gasteiger partial charge in [0, 0.05) is 5.57 Å². The molecule has 2 heteroatoms. The fourth-order valence-corrected chi connectivity index (χ4v) is 1.23. The van der Waals surface area contributed by atoms with Gasteiger partial charge in [0.1, 0.15) is 0 Å². The van der Waals surface area contributed by atoms with Crippen LogP contribution in [0.2, 0.25) is 0 Å². The molecule has 2 nitrogen and oxygen atoms in total. The molecular formula is C12H22O2. The maximum atomic E-state index is 11.1. The fourth-order valence-electron chi connectivity index (χ4n) is 1.23. The molecule has 0 aliphatic rings. The van der Waals surface area contributed by atoms with Crippen LogP contribution >= 0.6 is 0 Å². The molecule has 0 aromatic heterocycles. The molecule has 0 aromatic carbocycles. The van der Waals surface area contributed by atoms with Crippen molar-refractivity contribution < 1.29 is 9.53 Å². The van der Waals surface area contributed by atoms with E-state index in [1.807, 2.05) is 6.92 Å². The van der Waals surface area contributed by atoms with Gasteiger partial charge in [0.05, 0.1) is 6.61 Å². The molecule has 0 fully saturated rings. The van der Waals surface area contributed by atoms with Crippen molar-refractivity contribution >= 4 is 5.97 Å². The minimum absolute atomic E-state index is 0.239. The molecule has 0 heterocycles. The first kappa shape index (κ1) is 13.2. The summed E-state index contributed by atoms with van der Waals surface area (Å²) in [6, 6.07) is 0. The van der Waals surface area contributed by atoms with Crippen LogP contribution in [0.1, 0.15) is 46.5 Å². The number of carbonyl (C=O) groups excluding carboxylic acids is 1. The lowest BCUT2D eigenvalue weighted by molar-refractivity contribution is -0.138. The predicted molar refractivity (Wildman–Crippen MR) is 59.1 cm³/mol. The Bertz CT molecular complexity index is 183. The SMILES string of the molecule is C=C(CCCCC(C)C)C(=O)OCC. The summed E-state index contributed by atoms with van der Waals surface area (Å²) >= 11 is 0. The molecule has 0 aromatic rings. The van der Waals surface area contributed by atoms with E-state index < -0.39 is 0 Å². The lowest BCUT2D eigenvalue weighted by Crippen LogP contribution is -2.06. The third-order valence-electron chi connectivity index (χ3n) is 2.07. The van der Waals surface area contributed by atoms with Crippen molar-refractivity contribution in [2.45, 2.75) is 46.5 Å². The number of hydrogen-bond donors (Lipinski definition) is 0. The number of unbranched alkanes of at least 4 members (excludes halogenated alkanes) is 1. The van der Waals surface area contributed by atoms with Crippen molar-refractivity contribution in [1.82, 2.24) is 0 Å². The highest BCUT2D eigenvalue weighted by atomic mass is 16.5. The van der Waals surface area contributed by atoms with Crippen LogP contribution in [0.25, 0.3) is 0 Å². The summed E-state index contributed by atoms with van der Waals surface area (Å²) < 4.78 is 4.84. The van der Waals surface area contributed by atoms with Gasteiger partial charge in [-0.2, -0.15) is 0 Å². The maximum Gasteiger partial charge on any atom is 0.333 e. The van der Waals surface area contributed by atoms with Crippen molar-refractivity contribution in [3.8, 4) is 0 Å². The molecule has 82 valence electrons. The molecule has 0 N–H and O–H groups in total. The number of rotatable bonds is 7. The summed E-state index contributed by atoms with van der Waals surface area (Å²) in [5.74, 6) is 0.503. The topological polar surface area (TPSA) is 26.3 Å². The number of hydrogen-bond acceptors (Lipinski definition) is 2. The Kier molecular flexibility index (Phi) is 7.17. The van der Waals surface area contributed by atoms with E-state index in [-0.39, 0.29) is 5.97 Å². The molecule has 0 aliphatic carbocycles. The first-order chi connectivity index (χ1) is 6.57. The number of carbonyl (C=O) groups is 1. The molecular weight excluding hydrogens is 176 g/mol. The largest absolute Gasteiger partial charge is 0.463 e. The average molecular weight is 198 g/mol. The summed E-state index contributed by atoms with van der Waals surface area (Å²) in [4.78, 5) is 11.1. The fraction of sp³-hybridized carbons (Fsp3) is 0.750. The Balaban J connectivity index is 3.49. The molecule has 0 unspecified atom stereocenters. The Hall–Kier alpha value is -0.790. The van der Waals surface area contributed by atoms with Gasteiger partial charge in [-0.1, -0.05) is 33.3 Å². The van der Waals surface area contributed by atoms with E-state index >= 15 is 0 Å². The highest BCUT2D eigenvalue weighted by Crippen LogP contribution is 2.12. The summed E-state index contributed by atoms with van der Waals surface area (Å²) in [5, 5.41) is 0. The first-order valence-electron chi connectivity index (χ1n) is 5.42. The van der Waals surface area contributed by atoms with Gasteiger partial charge in [0.2, 0.25) is 0 Å². The lowest BCUT2D eigenvalue weighted by Gasteiger charge is -2.06. The van der Waals surface area contributed by atoms with Gasteiger partial charge in [-0.05, 0) is 25.7 Å². The third kappa shape index (κ3) is 6.70. The summed E-state index contributed by atoms with van der Waals surface area (Å²) in [6.07, 6.45) is 4.19. The zero-order valence-corrected chi connectivity index (χ0v) is 9.64. The molecule has 0 amide bonds. The van der Waals surface area contributed by atoms with E-state index in [4.69, 9.17) is 4.74 Å². The van der Waals surface area contributed by atoms with Gasteiger partial charge < -0.3 is 4.74 Å². The molecule has 0 aliphatic heterocycles. The Morgan fingerprint density at radius 2 is 2.00 bits per heavy atom. The molecule has 0 saturated carbocycles. The van der Waals surface area contributed by atoms with Crippen LogP contribution in [-0.2, 0) is 9.53 Å². The lowest BCUT2D eigenvalue weighted by atomic mass is 10.0. The van der Waals surface area contributed by atoms with Crippen molar-refractivity contribution in [1.29, 1.82) is 0 Å². The standard InChI is InChI=1S/C12H22O2/c1-5-14-12(13)11(4)9-7-6-8-10(2)3/h10H,4-9H2,1-3H3. The van der Waals surface area contributed by atoms with Crippen molar-refractivity contribution in [2.75, 3.05) is 6.61 Å². The summed E-state index contributed by atoms with van der Waals surface area (Å²) in [6.45, 7) is 10.4. The molecule has 0 bridgehead atoms. The average Bonchev–Trinajstić information content (AvgIpc) is 2.12. The van der Waals surface area contributed by atoms with Crippen molar-refractivity contribution in [3.05, 3.63) is 12.2 Å². The second kappa shape index (κ2) is 7.60. The normalized spacial score (nSPS) is 10.3. The monoisotopic (exact) mass is 198 g/mol. The molecule has 0 atom stereocenters. The highest BCUT2D eigenvalue weighted by Gasteiger charge is 2.06. The van der Waals surface area contributed by atoms with E-state index in [0.717, 1.165) is 25.2 Å². The maximum absolute atomic E-state index is 11.1. The van der Waals surface area contributed by atoms with Gasteiger partial charge in [-0.25, -0.2) is 4.79 Å². The number of ether oxygens (including phenoxy) is 1. The second-order valence-electron chi connectivity index (χ2n) is 3.96. The van der Waals surface area contributed by atoms with E-state index in [2.05, 4.69) is 20.4 Å². The molecule has 0 rings (SSSR count). The van der Waals surface area contributed by atoms with E-state index in [9.17, 15) is 4.79 Å². The highest BCUT2D eigenvalue weighted by molar-refractivity contribution is 5.87. The van der Waals surface area contributed by atoms with Gasteiger partial charge in [0.25, 0.3) is 0 Å². The molecule has 0 radical (unpaired) electrons. The molecule has 0 spiro atoms. The van der Waals surface area contributed by atoms with Crippen LogP contribution in [0.15, 0.2) is 12.2 Å². The van der Waals surface area contributed by atoms with Gasteiger partial charge in [-0.3, -0.25) is 0 Å². The van der Waals surface area contributed by atoms with Gasteiger partial charge in [-0.15, -0.1) is 0 Å². The van der Waals surface area contributed by atoms with Crippen LogP contribution in [0.4, 0.5) is 0 Å². The Morgan fingerprint density at radius 3 is 2.50 bits per heavy atom. The first-order valence-corrected chi connectivity index (χ1v) is 5.42. The summed E-state index contributed by atoms with van der Waals surface area (Å²) in [7, 11) is 0. The van der Waals surface area contributed by atoms with Crippen molar-refractivity contribution in [3.63, 3.8) is 0 Å². The third-order valence-corrected chi connectivity index (χ3v) is 2.07. The van der Waals surface area contributed by atoms with E-state index in [0.29, 0.717) is 12.2 Å². The second-order valence-corrected chi connectivity index (χ2v) is 3.96. The van der Waals surface area contributed by atoms with Crippen LogP contribution in [-0.4, -0.2) is 12.6 Å². The quantitative estimate of drug-likeness (QED) is 0.356. The van der Waals surface area contributed by atoms with Crippen molar-refractivity contribution in [2.24, 2.45) is 5.92 Å². The smallest absolute Gasteiger partial charge is 0.333 e. The predicted octanol–water partition coefficient (Wildman–Crippen LogP) is 3.32. The molecule has 0 saturated heterocycles. The Labute approximate surface area is 87.3 Å². The summed E-state index contributed by atoms with van der Waals surface area (Å²) in [5.41, 5.74) is 0.607. The number of esters is 1. The van der Waals surface area contributed by atoms with Gasteiger partial charge in [0.15, 0.2) is 0 Å². The molecule has 14 heavy (non-hydrogen) atoms. The van der Waals surface area contributed by atoms with Crippen LogP contribution in [0.3, 0.4) is 0 Å². The van der Waals surface area contributed by atoms with E-state index in [1.165, 1.54) is 6.42 Å². The minimum atomic E-state index is -0.239. The van der Waals surface area contributed by atoms with Crippen LogP contribution in [0, 0.1) is 5.92 Å². The Morgan fingerprint density at radius 1 is 1.36 bits per heavy atom. The minimum Gasteiger partial charge on any atom is -0.463 e. The van der Waals surface area contributed by atoms with E-state index in [1.54, 1.807) is 0 Å².